The second kappa shape index (κ2) is 5.52. The largest absolute Gasteiger partial charge is 0.456 e. The smallest absolute Gasteiger partial charge is 0.295 e. The van der Waals surface area contributed by atoms with Gasteiger partial charge in [0.15, 0.2) is 11.9 Å². The Morgan fingerprint density at radius 3 is 2.93 bits per heavy atom. The second-order valence-corrected chi connectivity index (χ2v) is 7.09. The summed E-state index contributed by atoms with van der Waals surface area (Å²) in [6.07, 6.45) is 3.34. The fourth-order valence-corrected chi connectivity index (χ4v) is 3.89. The predicted octanol–water partition coefficient (Wildman–Crippen LogP) is 3.45. The highest BCUT2D eigenvalue weighted by Crippen LogP contribution is 2.46. The van der Waals surface area contributed by atoms with Crippen molar-refractivity contribution in [1.82, 2.24) is 19.6 Å². The van der Waals surface area contributed by atoms with E-state index >= 15 is 0 Å². The molecular weight excluding hydrogens is 382 g/mol. The number of hydrazine groups is 1. The summed E-state index contributed by atoms with van der Waals surface area (Å²) in [6.45, 7) is 2.40. The van der Waals surface area contributed by atoms with Crippen LogP contribution in [0.5, 0.6) is 0 Å². The van der Waals surface area contributed by atoms with Gasteiger partial charge in [0.2, 0.25) is 0 Å². The number of rotatable bonds is 2. The normalized spacial score (nSPS) is 19.8. The first-order valence-electron chi connectivity index (χ1n) is 8.72. The van der Waals surface area contributed by atoms with Gasteiger partial charge in [-0.2, -0.15) is 4.98 Å². The minimum absolute atomic E-state index is 0.227. The Hall–Kier alpha value is -3.46. The summed E-state index contributed by atoms with van der Waals surface area (Å²) in [5, 5.41) is 7.87. The summed E-state index contributed by atoms with van der Waals surface area (Å²) in [5.74, 6) is 2.87. The maximum atomic E-state index is 6.29. The number of anilines is 2. The van der Waals surface area contributed by atoms with Crippen molar-refractivity contribution >= 4 is 29.8 Å². The molecule has 0 fully saturated rings. The Labute approximate surface area is 164 Å². The maximum absolute atomic E-state index is 6.29. The summed E-state index contributed by atoms with van der Waals surface area (Å²) in [4.78, 5) is 11.3. The average molecular weight is 396 g/mol. The van der Waals surface area contributed by atoms with E-state index < -0.39 is 0 Å². The minimum Gasteiger partial charge on any atom is -0.456 e. The molecule has 10 heteroatoms. The molecule has 3 aliphatic heterocycles. The molecule has 140 valence electrons. The summed E-state index contributed by atoms with van der Waals surface area (Å²) in [5.41, 5.74) is 2.16. The van der Waals surface area contributed by atoms with E-state index in [-0.39, 0.29) is 6.17 Å². The summed E-state index contributed by atoms with van der Waals surface area (Å²) in [7, 11) is 0. The van der Waals surface area contributed by atoms with Gasteiger partial charge >= 0.3 is 0 Å². The highest BCUT2D eigenvalue weighted by Gasteiger charge is 2.44. The van der Waals surface area contributed by atoms with Crippen molar-refractivity contribution in [1.29, 1.82) is 0 Å². The average Bonchev–Trinajstić information content (AvgIpc) is 3.46. The van der Waals surface area contributed by atoms with Crippen LogP contribution in [0.25, 0.3) is 11.7 Å². The fraction of sp³-hybridized carbons (Fsp3) is 0.167. The van der Waals surface area contributed by atoms with Gasteiger partial charge in [0, 0.05) is 17.3 Å². The van der Waals surface area contributed by atoms with E-state index in [0.717, 1.165) is 22.8 Å². The van der Waals surface area contributed by atoms with Crippen LogP contribution in [-0.4, -0.2) is 32.6 Å². The third-order valence-electron chi connectivity index (χ3n) is 4.90. The Morgan fingerprint density at radius 2 is 2.07 bits per heavy atom. The molecule has 9 nitrogen and oxygen atoms in total. The first-order chi connectivity index (χ1) is 13.7. The van der Waals surface area contributed by atoms with Gasteiger partial charge in [-0.1, -0.05) is 18.2 Å². The van der Waals surface area contributed by atoms with Crippen LogP contribution in [0.1, 0.15) is 17.5 Å². The van der Waals surface area contributed by atoms with Crippen LogP contribution in [0.3, 0.4) is 0 Å². The van der Waals surface area contributed by atoms with Crippen LogP contribution in [0.15, 0.2) is 62.4 Å². The Balaban J connectivity index is 1.42. The quantitative estimate of drug-likeness (QED) is 0.610. The molecule has 1 aromatic carbocycles. The van der Waals surface area contributed by atoms with Crippen molar-refractivity contribution in [2.24, 2.45) is 4.99 Å². The molecule has 0 saturated heterocycles. The van der Waals surface area contributed by atoms with E-state index in [4.69, 9.17) is 20.7 Å². The van der Waals surface area contributed by atoms with Crippen molar-refractivity contribution in [2.75, 3.05) is 16.6 Å². The molecule has 0 spiro atoms. The third-order valence-corrected chi connectivity index (χ3v) is 5.11. The number of hydrogen-bond acceptors (Lipinski definition) is 9. The zero-order valence-electron chi connectivity index (χ0n) is 14.7. The van der Waals surface area contributed by atoms with E-state index in [0.29, 0.717) is 24.3 Å². The van der Waals surface area contributed by atoms with Gasteiger partial charge < -0.3 is 13.8 Å². The number of aromatic nitrogens is 2. The molecule has 28 heavy (non-hydrogen) atoms. The molecule has 0 amide bonds. The van der Waals surface area contributed by atoms with Crippen molar-refractivity contribution in [2.45, 2.75) is 13.1 Å². The van der Waals surface area contributed by atoms with Crippen molar-refractivity contribution in [3.63, 3.8) is 0 Å². The highest BCUT2D eigenvalue weighted by atomic mass is 35.5. The Kier molecular flexibility index (Phi) is 3.07. The molecule has 3 aromatic rings. The summed E-state index contributed by atoms with van der Waals surface area (Å²) in [6, 6.07) is 11.8. The van der Waals surface area contributed by atoms with E-state index in [9.17, 15) is 0 Å². The highest BCUT2D eigenvalue weighted by molar-refractivity contribution is 6.14. The molecule has 6 rings (SSSR count). The number of halogens is 1. The Morgan fingerprint density at radius 1 is 1.18 bits per heavy atom. The Bertz CT molecular complexity index is 1140. The zero-order chi connectivity index (χ0) is 18.8. The van der Waals surface area contributed by atoms with Gasteiger partial charge in [-0.05, 0) is 30.3 Å². The molecule has 0 aliphatic carbocycles. The van der Waals surface area contributed by atoms with E-state index in [1.165, 1.54) is 0 Å². The van der Waals surface area contributed by atoms with Gasteiger partial charge in [0.1, 0.15) is 24.6 Å². The van der Waals surface area contributed by atoms with Gasteiger partial charge in [-0.25, -0.2) is 15.0 Å². The molecule has 0 N–H and O–H groups in total. The minimum atomic E-state index is -0.227. The lowest BCUT2D eigenvalue weighted by Gasteiger charge is -2.41. The number of benzene rings is 1. The van der Waals surface area contributed by atoms with E-state index in [1.54, 1.807) is 21.8 Å². The molecule has 2 aromatic heterocycles. The monoisotopic (exact) mass is 395 g/mol. The van der Waals surface area contributed by atoms with Gasteiger partial charge in [-0.3, -0.25) is 4.42 Å². The first kappa shape index (κ1) is 15.6. The first-order valence-corrected chi connectivity index (χ1v) is 9.06. The SMILES string of the molecule is Cc1ccc(-c2nc(N3C=NC4c5ccccc5N5CN(Cl)C=C5N43)no2)o1. The lowest BCUT2D eigenvalue weighted by atomic mass is 10.1. The third kappa shape index (κ3) is 2.10. The van der Waals surface area contributed by atoms with Gasteiger partial charge in [-0.15, -0.1) is 0 Å². The molecule has 3 aliphatic rings. The molecule has 0 bridgehead atoms. The van der Waals surface area contributed by atoms with Gasteiger partial charge in [0.25, 0.3) is 11.8 Å². The molecule has 1 unspecified atom stereocenters. The molecule has 5 heterocycles. The van der Waals surface area contributed by atoms with Crippen LogP contribution >= 0.6 is 11.8 Å². The number of furan rings is 1. The van der Waals surface area contributed by atoms with Crippen LogP contribution in [-0.2, 0) is 0 Å². The number of nitrogens with zero attached hydrogens (tertiary/aromatic N) is 7. The van der Waals surface area contributed by atoms with Gasteiger partial charge in [0.05, 0.1) is 11.9 Å². The standard InChI is InChI=1S/C18H14ClN7O2/c1-11-6-7-14(27-11)17-21-18(22-28-17)25-9-20-16-12-4-2-3-5-13(12)24-10-23(19)8-15(24)26(16)25/h2-9,16H,10H2,1H3. The maximum Gasteiger partial charge on any atom is 0.295 e. The molecular formula is C18H14ClN7O2. The van der Waals surface area contributed by atoms with Crippen molar-refractivity contribution in [3.05, 3.63) is 59.7 Å². The van der Waals surface area contributed by atoms with E-state index in [2.05, 4.69) is 32.2 Å². The topological polar surface area (TPSA) is 77.4 Å². The number of fused-ring (bicyclic) bond motifs is 6. The predicted molar refractivity (Wildman–Crippen MR) is 102 cm³/mol. The van der Waals surface area contributed by atoms with Crippen LogP contribution in [0.2, 0.25) is 0 Å². The van der Waals surface area contributed by atoms with Crippen molar-refractivity contribution < 1.29 is 8.94 Å². The van der Waals surface area contributed by atoms with Crippen LogP contribution in [0.4, 0.5) is 11.6 Å². The fourth-order valence-electron chi connectivity index (χ4n) is 3.69. The van der Waals surface area contributed by atoms with E-state index in [1.807, 2.05) is 36.3 Å². The zero-order valence-corrected chi connectivity index (χ0v) is 15.5. The lowest BCUT2D eigenvalue weighted by molar-refractivity contribution is 0.276. The lowest BCUT2D eigenvalue weighted by Crippen LogP contribution is -2.47. The number of aryl methyl sites for hydroxylation is 1. The van der Waals surface area contributed by atoms with Crippen LogP contribution < -0.4 is 9.91 Å². The molecule has 1 atom stereocenters. The summed E-state index contributed by atoms with van der Waals surface area (Å²) < 4.78 is 12.6. The molecule has 0 radical (unpaired) electrons. The second-order valence-electron chi connectivity index (χ2n) is 6.65. The summed E-state index contributed by atoms with van der Waals surface area (Å²) >= 11 is 6.29. The van der Waals surface area contributed by atoms with Crippen molar-refractivity contribution in [3.8, 4) is 11.7 Å². The molecule has 0 saturated carbocycles. The van der Waals surface area contributed by atoms with Crippen LogP contribution in [0, 0.1) is 6.92 Å². The number of aliphatic imine (C=N–C) groups is 1. The number of hydrogen-bond donors (Lipinski definition) is 0. The number of para-hydroxylation sites is 1.